The van der Waals surface area contributed by atoms with Crippen LogP contribution in [0.5, 0.6) is 0 Å². The molecule has 0 aromatic rings. The normalized spacial score (nSPS) is 13.5. The Morgan fingerprint density at radius 3 is 1.48 bits per heavy atom. The van der Waals surface area contributed by atoms with Gasteiger partial charge in [0.15, 0.2) is 6.10 Å². The van der Waals surface area contributed by atoms with E-state index >= 15 is 0 Å². The molecule has 56 heavy (non-hydrogen) atoms. The first-order chi connectivity index (χ1) is 27.1. The van der Waals surface area contributed by atoms with Crippen LogP contribution in [0.3, 0.4) is 0 Å². The Morgan fingerprint density at radius 2 is 1.00 bits per heavy atom. The Kier molecular flexibility index (Phi) is 36.8. The van der Waals surface area contributed by atoms with Crippen LogP contribution < -0.4 is 5.11 Å². The van der Waals surface area contributed by atoms with Crippen molar-refractivity contribution in [3.8, 4) is 0 Å². The number of allylic oxidation sites excluding steroid dienone is 10. The lowest BCUT2D eigenvalue weighted by molar-refractivity contribution is -0.889. The molecule has 2 atom stereocenters. The summed E-state index contributed by atoms with van der Waals surface area (Å²) < 4.78 is 17.1. The smallest absolute Gasteiger partial charge is 0.306 e. The molecule has 0 saturated heterocycles. The van der Waals surface area contributed by atoms with Crippen molar-refractivity contribution in [1.82, 2.24) is 0 Å². The fourth-order valence-electron chi connectivity index (χ4n) is 6.21. The van der Waals surface area contributed by atoms with Crippen molar-refractivity contribution < 1.29 is 38.2 Å². The number of quaternary nitrogens is 1. The maximum Gasteiger partial charge on any atom is 0.306 e. The van der Waals surface area contributed by atoms with E-state index in [0.717, 1.165) is 77.0 Å². The molecule has 322 valence electrons. The Hall–Kier alpha value is -2.97. The molecule has 0 radical (unpaired) electrons. The van der Waals surface area contributed by atoms with Crippen molar-refractivity contribution in [2.45, 2.75) is 187 Å². The van der Waals surface area contributed by atoms with Crippen molar-refractivity contribution in [3.05, 3.63) is 60.8 Å². The number of carbonyl (C=O) groups is 3. The summed E-state index contributed by atoms with van der Waals surface area (Å²) in [7, 11) is 5.39. The molecule has 2 unspecified atom stereocenters. The van der Waals surface area contributed by atoms with Gasteiger partial charge in [0, 0.05) is 19.3 Å². The van der Waals surface area contributed by atoms with E-state index in [1.165, 1.54) is 64.2 Å². The second-order valence-electron chi connectivity index (χ2n) is 15.9. The Labute approximate surface area is 343 Å². The van der Waals surface area contributed by atoms with Crippen LogP contribution in [0.2, 0.25) is 0 Å². The molecule has 0 N–H and O–H groups in total. The molecule has 0 spiro atoms. The van der Waals surface area contributed by atoms with Crippen molar-refractivity contribution >= 4 is 17.9 Å². The summed E-state index contributed by atoms with van der Waals surface area (Å²) in [5.74, 6) is -1.75. The number of carboxylic acid groups (broad SMARTS) is 1. The van der Waals surface area contributed by atoms with E-state index < -0.39 is 18.1 Å². The predicted octanol–water partition coefficient (Wildman–Crippen LogP) is 10.9. The van der Waals surface area contributed by atoms with Crippen molar-refractivity contribution in [2.75, 3.05) is 41.0 Å². The monoisotopic (exact) mass is 786 g/mol. The quantitative estimate of drug-likeness (QED) is 0.0265. The van der Waals surface area contributed by atoms with Crippen LogP contribution in [0, 0.1) is 0 Å². The fraction of sp³-hybridized carbons (Fsp3) is 0.729. The van der Waals surface area contributed by atoms with Gasteiger partial charge in [-0.15, -0.1) is 0 Å². The lowest BCUT2D eigenvalue weighted by Gasteiger charge is -2.34. The molecule has 0 bridgehead atoms. The Morgan fingerprint density at radius 1 is 0.554 bits per heavy atom. The number of carboxylic acids is 1. The number of likely N-dealkylation sites (N-methyl/N-ethyl adjacent to an activating group) is 1. The van der Waals surface area contributed by atoms with Gasteiger partial charge in [-0.1, -0.05) is 158 Å². The third kappa shape index (κ3) is 36.7. The first-order valence-corrected chi connectivity index (χ1v) is 22.3. The summed E-state index contributed by atoms with van der Waals surface area (Å²) in [5, 5.41) is 11.6. The highest BCUT2D eigenvalue weighted by Crippen LogP contribution is 2.14. The zero-order valence-electron chi connectivity index (χ0n) is 36.5. The molecular formula is C48H83NO7. The van der Waals surface area contributed by atoms with E-state index in [4.69, 9.17) is 14.2 Å². The van der Waals surface area contributed by atoms with Crippen molar-refractivity contribution in [3.63, 3.8) is 0 Å². The maximum absolute atomic E-state index is 12.6. The number of ether oxygens (including phenoxy) is 3. The number of unbranched alkanes of at least 4 members (excludes halogenated alkanes) is 15. The molecule has 0 heterocycles. The van der Waals surface area contributed by atoms with E-state index in [2.05, 4.69) is 74.6 Å². The molecule has 0 aliphatic rings. The van der Waals surface area contributed by atoms with Crippen LogP contribution >= 0.6 is 0 Å². The van der Waals surface area contributed by atoms with Gasteiger partial charge in [-0.05, 0) is 57.8 Å². The van der Waals surface area contributed by atoms with Gasteiger partial charge in [0.2, 0.25) is 0 Å². The zero-order valence-corrected chi connectivity index (χ0v) is 36.5. The largest absolute Gasteiger partial charge is 0.544 e. The second kappa shape index (κ2) is 38.9. The highest BCUT2D eigenvalue weighted by molar-refractivity contribution is 5.70. The standard InChI is InChI=1S/C48H83NO7/c1-6-8-10-12-14-16-17-18-19-20-21-22-23-24-25-26-27-28-29-31-32-34-36-38-46(50)55-43-44(42-54-41-40-45(48(52)53)49(3,4)5)56-47(51)39-37-35-33-30-15-13-11-9-7-2/h8,10,14,16,18-19,21-22,24-25,44-45H,6-7,9,11-13,15,17,20,23,26-43H2,1-5H3/b10-8+,16-14+,19-18+,22-21+,25-24+. The Balaban J connectivity index is 4.23. The van der Waals surface area contributed by atoms with Crippen LogP contribution in [-0.4, -0.2) is 75.5 Å². The van der Waals surface area contributed by atoms with Crippen LogP contribution in [0.1, 0.15) is 174 Å². The number of carbonyl (C=O) groups excluding carboxylic acids is 3. The van der Waals surface area contributed by atoms with E-state index in [-0.39, 0.29) is 42.7 Å². The minimum absolute atomic E-state index is 0.0365. The van der Waals surface area contributed by atoms with Gasteiger partial charge in [0.1, 0.15) is 12.6 Å². The van der Waals surface area contributed by atoms with Crippen LogP contribution in [0.25, 0.3) is 0 Å². The first kappa shape index (κ1) is 53.0. The summed E-state index contributed by atoms with van der Waals surface area (Å²) in [4.78, 5) is 36.7. The second-order valence-corrected chi connectivity index (χ2v) is 15.9. The summed E-state index contributed by atoms with van der Waals surface area (Å²) in [6, 6.07) is -0.727. The zero-order chi connectivity index (χ0) is 41.4. The third-order valence-electron chi connectivity index (χ3n) is 9.67. The topological polar surface area (TPSA) is 102 Å². The van der Waals surface area contributed by atoms with Gasteiger partial charge < -0.3 is 28.6 Å². The number of nitrogens with zero attached hydrogens (tertiary/aromatic N) is 1. The molecule has 8 heteroatoms. The number of aliphatic carboxylic acids is 1. The number of rotatable bonds is 39. The summed E-state index contributed by atoms with van der Waals surface area (Å²) in [6.45, 7) is 4.51. The number of hydrogen-bond acceptors (Lipinski definition) is 7. The predicted molar refractivity (Wildman–Crippen MR) is 231 cm³/mol. The van der Waals surface area contributed by atoms with E-state index in [0.29, 0.717) is 12.8 Å². The average Bonchev–Trinajstić information content (AvgIpc) is 3.15. The molecule has 0 saturated carbocycles. The van der Waals surface area contributed by atoms with E-state index in [1.807, 2.05) is 0 Å². The molecule has 0 amide bonds. The lowest BCUT2D eigenvalue weighted by Crippen LogP contribution is -2.55. The van der Waals surface area contributed by atoms with Gasteiger partial charge in [-0.25, -0.2) is 0 Å². The summed E-state index contributed by atoms with van der Waals surface area (Å²) >= 11 is 0. The molecule has 8 nitrogen and oxygen atoms in total. The highest BCUT2D eigenvalue weighted by atomic mass is 16.6. The van der Waals surface area contributed by atoms with Gasteiger partial charge >= 0.3 is 11.9 Å². The Bertz CT molecular complexity index is 1100. The third-order valence-corrected chi connectivity index (χ3v) is 9.67. The average molecular weight is 786 g/mol. The van der Waals surface area contributed by atoms with Crippen LogP contribution in [0.4, 0.5) is 0 Å². The maximum atomic E-state index is 12.6. The molecule has 0 aromatic heterocycles. The molecule has 0 fully saturated rings. The van der Waals surface area contributed by atoms with Crippen molar-refractivity contribution in [1.29, 1.82) is 0 Å². The minimum atomic E-state index is -1.13. The van der Waals surface area contributed by atoms with Gasteiger partial charge in [-0.2, -0.15) is 0 Å². The highest BCUT2D eigenvalue weighted by Gasteiger charge is 2.25. The lowest BCUT2D eigenvalue weighted by atomic mass is 10.1. The molecule has 0 rings (SSSR count). The SMILES string of the molecule is CC/C=C/C/C=C/C/C=C/C/C=C/C/C=C/CCCCCCCCCC(=O)OCC(COCCC(C(=O)[O-])[N+](C)(C)C)OC(=O)CCCCCCCCCCC. The summed E-state index contributed by atoms with van der Waals surface area (Å²) in [5.41, 5.74) is 0. The van der Waals surface area contributed by atoms with Gasteiger partial charge in [0.05, 0.1) is 40.3 Å². The molecular weight excluding hydrogens is 703 g/mol. The van der Waals surface area contributed by atoms with Crippen LogP contribution in [0.15, 0.2) is 60.8 Å². The van der Waals surface area contributed by atoms with Gasteiger partial charge in [-0.3, -0.25) is 9.59 Å². The fourth-order valence-corrected chi connectivity index (χ4v) is 6.21. The van der Waals surface area contributed by atoms with Crippen LogP contribution in [-0.2, 0) is 28.6 Å². The molecule has 0 aromatic carbocycles. The molecule has 0 aliphatic heterocycles. The summed E-state index contributed by atoms with van der Waals surface area (Å²) in [6.07, 6.45) is 46.8. The number of hydrogen-bond donors (Lipinski definition) is 0. The van der Waals surface area contributed by atoms with E-state index in [1.54, 1.807) is 21.1 Å². The molecule has 0 aliphatic carbocycles. The minimum Gasteiger partial charge on any atom is -0.544 e. The number of esters is 2. The van der Waals surface area contributed by atoms with E-state index in [9.17, 15) is 19.5 Å². The van der Waals surface area contributed by atoms with Gasteiger partial charge in [0.25, 0.3) is 0 Å². The van der Waals surface area contributed by atoms with Crippen molar-refractivity contribution in [2.24, 2.45) is 0 Å². The first-order valence-electron chi connectivity index (χ1n) is 22.3.